The van der Waals surface area contributed by atoms with Crippen molar-refractivity contribution < 1.29 is 76.5 Å². The van der Waals surface area contributed by atoms with Crippen LogP contribution in [0.4, 0.5) is 0 Å². The van der Waals surface area contributed by atoms with Crippen molar-refractivity contribution in [3.63, 3.8) is 0 Å². The largest absolute Gasteiger partial charge is 0.459 e. The molecular weight excluding hydrogens is 861 g/mol. The maximum absolute atomic E-state index is 14.8. The molecule has 4 rings (SSSR count). The van der Waals surface area contributed by atoms with E-state index in [0.29, 0.717) is 17.7 Å². The third kappa shape index (κ3) is 13.4. The number of ether oxygens (including phenoxy) is 10. The van der Waals surface area contributed by atoms with Gasteiger partial charge in [-0.25, -0.2) is 4.79 Å². The molecule has 0 aliphatic carbocycles. The Morgan fingerprint density at radius 3 is 2.08 bits per heavy atom. The first-order chi connectivity index (χ1) is 30.2. The van der Waals surface area contributed by atoms with Crippen LogP contribution in [-0.4, -0.2) is 158 Å². The van der Waals surface area contributed by atoms with Crippen LogP contribution in [0, 0.1) is 23.7 Å². The van der Waals surface area contributed by atoms with E-state index in [9.17, 15) is 24.3 Å². The van der Waals surface area contributed by atoms with E-state index in [4.69, 9.17) is 52.2 Å². The summed E-state index contributed by atoms with van der Waals surface area (Å²) in [7, 11) is 5.31. The summed E-state index contributed by atoms with van der Waals surface area (Å²) in [5, 5.41) is 17.0. The summed E-state index contributed by atoms with van der Waals surface area (Å²) >= 11 is 0. The number of carbonyl (C=O) groups excluding carboxylic acids is 4. The van der Waals surface area contributed by atoms with Crippen LogP contribution < -0.4 is 0 Å². The van der Waals surface area contributed by atoms with Crippen molar-refractivity contribution in [1.82, 2.24) is 4.90 Å². The fourth-order valence-corrected chi connectivity index (χ4v) is 10.3. The lowest BCUT2D eigenvalue weighted by atomic mass is 9.73. The third-order valence-electron chi connectivity index (χ3n) is 13.7. The van der Waals surface area contributed by atoms with E-state index < -0.39 is 120 Å². The fourth-order valence-electron chi connectivity index (χ4n) is 10.3. The van der Waals surface area contributed by atoms with Gasteiger partial charge in [0.1, 0.15) is 17.3 Å². The second kappa shape index (κ2) is 23.5. The first-order valence-electron chi connectivity index (χ1n) is 23.0. The molecule has 0 spiro atoms. The number of hydrogen-bond acceptors (Lipinski definition) is 18. The summed E-state index contributed by atoms with van der Waals surface area (Å²) in [6.45, 7) is 26.1. The van der Waals surface area contributed by atoms with Crippen molar-refractivity contribution >= 4 is 29.6 Å². The van der Waals surface area contributed by atoms with E-state index in [1.54, 1.807) is 34.6 Å². The number of cyclic esters (lactones) is 1. The zero-order valence-electron chi connectivity index (χ0n) is 41.6. The van der Waals surface area contributed by atoms with E-state index in [1.807, 2.05) is 53.6 Å². The molecule has 66 heavy (non-hydrogen) atoms. The van der Waals surface area contributed by atoms with Crippen molar-refractivity contribution in [2.45, 2.75) is 207 Å². The van der Waals surface area contributed by atoms with Gasteiger partial charge in [-0.2, -0.15) is 0 Å². The highest BCUT2D eigenvalue weighted by molar-refractivity contribution is 5.89. The molecule has 18 atom stereocenters. The van der Waals surface area contributed by atoms with Crippen LogP contribution in [-0.2, 0) is 71.4 Å². The van der Waals surface area contributed by atoms with Gasteiger partial charge >= 0.3 is 23.9 Å². The molecule has 0 unspecified atom stereocenters. The van der Waals surface area contributed by atoms with E-state index in [-0.39, 0.29) is 52.0 Å². The van der Waals surface area contributed by atoms with E-state index in [0.717, 1.165) is 0 Å². The standard InChI is InChI=1S/C47H78N2O16.CH4/c1-18-35-47(14,54)41-27(5)37(48-65-33(11)52)25(3)20-46(13,57-23-24(2)22-56-41)40(64-44-39(60-31(9)50)34(49(15)16)19-26(4)58-44)28(6)38(29(7)43(53)62-35)63-36-21-45(12,55-17)42(30(8)59-36)61-32(10)51;/h25-30,34-36,38-42,44,54H,2,18-23H2,1,3-17H3;1H4/b48-37+;/t25-,26-,27+,28+,29-,30+,34+,35-,36+,38+,39-,40-,41-,42+,44+,45-,46-,47-;/m1./s1. The third-order valence-corrected chi connectivity index (χ3v) is 13.7. The number of hydrogen-bond donors (Lipinski definition) is 1. The van der Waals surface area contributed by atoms with Gasteiger partial charge in [0.15, 0.2) is 24.8 Å². The number of aliphatic hydroxyl groups is 1. The second-order valence-corrected chi connectivity index (χ2v) is 19.6. The van der Waals surface area contributed by atoms with Gasteiger partial charge in [-0.05, 0) is 80.5 Å². The summed E-state index contributed by atoms with van der Waals surface area (Å²) in [6, 6.07) is -0.312. The molecule has 2 bridgehead atoms. The zero-order valence-corrected chi connectivity index (χ0v) is 41.6. The number of methoxy groups -OCH3 is 1. The Kier molecular flexibility index (Phi) is 20.4. The van der Waals surface area contributed by atoms with Crippen LogP contribution in [0.1, 0.15) is 123 Å². The van der Waals surface area contributed by atoms with Gasteiger partial charge in [0.25, 0.3) is 0 Å². The predicted molar refractivity (Wildman–Crippen MR) is 243 cm³/mol. The molecule has 18 heteroatoms. The highest BCUT2D eigenvalue weighted by Gasteiger charge is 2.56. The molecule has 0 saturated carbocycles. The molecule has 4 fully saturated rings. The average Bonchev–Trinajstić information content (AvgIpc) is 3.22. The summed E-state index contributed by atoms with van der Waals surface area (Å²) in [5.41, 5.74) is -3.33. The number of oxime groups is 1. The van der Waals surface area contributed by atoms with Gasteiger partial charge in [0.05, 0.1) is 67.0 Å². The minimum absolute atomic E-state index is 0. The summed E-state index contributed by atoms with van der Waals surface area (Å²) in [6.07, 6.45) is -8.20. The second-order valence-electron chi connectivity index (χ2n) is 19.6. The molecule has 0 radical (unpaired) electrons. The maximum Gasteiger partial charge on any atom is 0.331 e. The quantitative estimate of drug-likeness (QED) is 0.0940. The predicted octanol–water partition coefficient (Wildman–Crippen LogP) is 5.53. The van der Waals surface area contributed by atoms with Gasteiger partial charge in [0, 0.05) is 52.1 Å². The van der Waals surface area contributed by atoms with Crippen LogP contribution in [0.25, 0.3) is 0 Å². The van der Waals surface area contributed by atoms with Crippen LogP contribution in [0.15, 0.2) is 17.3 Å². The van der Waals surface area contributed by atoms with E-state index in [1.165, 1.54) is 27.9 Å². The van der Waals surface area contributed by atoms with Gasteiger partial charge in [-0.3, -0.25) is 14.4 Å². The van der Waals surface area contributed by atoms with Gasteiger partial charge < -0.3 is 62.2 Å². The Balaban J connectivity index is 0.0000116. The average molecular weight is 943 g/mol. The fraction of sp³-hybridized carbons (Fsp3) is 0.854. The summed E-state index contributed by atoms with van der Waals surface area (Å²) in [5.74, 6) is -5.49. The Morgan fingerprint density at radius 2 is 1.52 bits per heavy atom. The molecule has 1 N–H and O–H groups in total. The Labute approximate surface area is 392 Å². The molecule has 4 aliphatic heterocycles. The molecule has 0 aromatic heterocycles. The Hall–Kier alpha value is -3.07. The van der Waals surface area contributed by atoms with Crippen molar-refractivity contribution in [2.24, 2.45) is 28.8 Å². The van der Waals surface area contributed by atoms with Crippen molar-refractivity contribution in [2.75, 3.05) is 34.4 Å². The minimum Gasteiger partial charge on any atom is -0.459 e. The maximum atomic E-state index is 14.8. The van der Waals surface area contributed by atoms with Crippen LogP contribution >= 0.6 is 0 Å². The molecule has 4 aliphatic rings. The lowest BCUT2D eigenvalue weighted by Crippen LogP contribution is -2.62. The van der Waals surface area contributed by atoms with Crippen LogP contribution in [0.3, 0.4) is 0 Å². The molecule has 4 saturated heterocycles. The molecule has 0 amide bonds. The molecule has 380 valence electrons. The van der Waals surface area contributed by atoms with E-state index in [2.05, 4.69) is 11.7 Å². The summed E-state index contributed by atoms with van der Waals surface area (Å²) in [4.78, 5) is 59.4. The van der Waals surface area contributed by atoms with Crippen molar-refractivity contribution in [1.29, 1.82) is 0 Å². The number of esters is 3. The van der Waals surface area contributed by atoms with Gasteiger partial charge in [0.2, 0.25) is 0 Å². The summed E-state index contributed by atoms with van der Waals surface area (Å²) < 4.78 is 64.8. The highest BCUT2D eigenvalue weighted by atomic mass is 16.7. The molecule has 0 aromatic rings. The molecular formula is C48H82N2O16. The van der Waals surface area contributed by atoms with Gasteiger partial charge in [-0.15, -0.1) is 0 Å². The number of nitrogens with zero attached hydrogens (tertiary/aromatic N) is 2. The number of fused-ring (bicyclic) bond motifs is 5. The molecule has 18 nitrogen and oxygen atoms in total. The Morgan fingerprint density at radius 1 is 0.879 bits per heavy atom. The molecule has 0 aromatic carbocycles. The monoisotopic (exact) mass is 943 g/mol. The smallest absolute Gasteiger partial charge is 0.331 e. The number of rotatable bonds is 10. The number of carbonyl (C=O) groups is 4. The Bertz CT molecular complexity index is 1710. The molecule has 4 heterocycles. The van der Waals surface area contributed by atoms with Gasteiger partial charge in [-0.1, -0.05) is 46.9 Å². The van der Waals surface area contributed by atoms with Crippen LogP contribution in [0.5, 0.6) is 0 Å². The minimum atomic E-state index is -1.83. The number of likely N-dealkylation sites (N-methyl/N-ethyl adjacent to an activating group) is 1. The SMILES string of the molecule is C.C=C1CO[C@@H]2[C@@H](C)/C(=N/OC(C)=O)[C@H](C)C[C@@](C)(OC1)[C@H](O[C@@H]1O[C@H](C)C[C@H](N(C)C)[C@H]1OC(C)=O)[C@@H](C)[C@H](O[C@H]1C[C@@](C)(OC)[C@@H](OC(C)=O)[C@H](C)O1)[C@@H](C)C(=O)O[C@H](CC)[C@@]2(C)O. The lowest BCUT2D eigenvalue weighted by molar-refractivity contribution is -0.321. The van der Waals surface area contributed by atoms with Crippen molar-refractivity contribution in [3.05, 3.63) is 12.2 Å². The zero-order chi connectivity index (χ0) is 48.9. The van der Waals surface area contributed by atoms with Crippen LogP contribution in [0.2, 0.25) is 0 Å². The highest BCUT2D eigenvalue weighted by Crippen LogP contribution is 2.44. The normalized spacial score (nSPS) is 42.5. The first-order valence-corrected chi connectivity index (χ1v) is 23.0. The van der Waals surface area contributed by atoms with Crippen molar-refractivity contribution in [3.8, 4) is 0 Å². The topological polar surface area (TPSA) is 206 Å². The van der Waals surface area contributed by atoms with E-state index >= 15 is 0 Å². The first kappa shape index (κ1) is 57.2. The lowest BCUT2D eigenvalue weighted by Gasteiger charge is -2.50.